The van der Waals surface area contributed by atoms with Gasteiger partial charge in [-0.05, 0) is 77.0 Å². The van der Waals surface area contributed by atoms with Crippen LogP contribution in [0.3, 0.4) is 0 Å². The van der Waals surface area contributed by atoms with Gasteiger partial charge in [-0.1, -0.05) is 295 Å². The highest BCUT2D eigenvalue weighted by atomic mass is 16.5. The summed E-state index contributed by atoms with van der Waals surface area (Å²) in [5.41, 5.74) is 0. The summed E-state index contributed by atoms with van der Waals surface area (Å²) >= 11 is 0. The van der Waals surface area contributed by atoms with Gasteiger partial charge in [0.1, 0.15) is 0 Å². The second-order valence-corrected chi connectivity index (χ2v) is 22.4. The number of aliphatic hydroxyl groups excluding tert-OH is 2. The average Bonchev–Trinajstić information content (AvgIpc) is 3.38. The van der Waals surface area contributed by atoms with Crippen LogP contribution in [0, 0.1) is 0 Å². The van der Waals surface area contributed by atoms with Crippen LogP contribution in [-0.4, -0.2) is 47.4 Å². The standard InChI is InChI=1S/C66H127NO5/c1-3-5-7-9-11-13-15-16-17-34-37-40-44-48-52-56-60-66(71)72-61-57-53-49-45-41-38-35-32-30-28-26-24-22-20-18-19-21-23-25-27-29-31-33-36-39-43-47-51-55-59-65(70)67-63(62-68)64(69)58-54-50-46-42-14-12-10-8-6-4-2/h17-18,20,34,63-64,68-69H,3-16,19,21-33,35-62H2,1-2H3,(H,67,70)/b20-18-,34-17-. The number of amides is 1. The third-order valence-electron chi connectivity index (χ3n) is 15.2. The van der Waals surface area contributed by atoms with E-state index >= 15 is 0 Å². The number of hydrogen-bond acceptors (Lipinski definition) is 5. The molecule has 0 aliphatic heterocycles. The molecule has 2 atom stereocenters. The van der Waals surface area contributed by atoms with Crippen LogP contribution in [0.2, 0.25) is 0 Å². The Hall–Kier alpha value is -1.66. The molecule has 3 N–H and O–H groups in total. The summed E-state index contributed by atoms with van der Waals surface area (Å²) in [4.78, 5) is 24.5. The fraction of sp³-hybridized carbons (Fsp3) is 0.909. The molecule has 426 valence electrons. The van der Waals surface area contributed by atoms with Crippen molar-refractivity contribution in [2.75, 3.05) is 13.2 Å². The first-order valence-electron chi connectivity index (χ1n) is 32.6. The van der Waals surface area contributed by atoms with E-state index in [9.17, 15) is 19.8 Å². The molecule has 0 aromatic carbocycles. The molecule has 0 heterocycles. The summed E-state index contributed by atoms with van der Waals surface area (Å²) < 4.78 is 5.49. The van der Waals surface area contributed by atoms with Crippen molar-refractivity contribution in [2.24, 2.45) is 0 Å². The molecule has 0 radical (unpaired) electrons. The molecular formula is C66H127NO5. The van der Waals surface area contributed by atoms with Gasteiger partial charge in [0.25, 0.3) is 0 Å². The van der Waals surface area contributed by atoms with Gasteiger partial charge in [0.15, 0.2) is 0 Å². The lowest BCUT2D eigenvalue weighted by molar-refractivity contribution is -0.143. The van der Waals surface area contributed by atoms with Gasteiger partial charge in [0.05, 0.1) is 25.4 Å². The molecule has 0 saturated heterocycles. The second-order valence-electron chi connectivity index (χ2n) is 22.4. The van der Waals surface area contributed by atoms with Crippen molar-refractivity contribution >= 4 is 11.9 Å². The van der Waals surface area contributed by atoms with Crippen molar-refractivity contribution in [2.45, 2.75) is 373 Å². The van der Waals surface area contributed by atoms with Crippen molar-refractivity contribution in [1.82, 2.24) is 5.32 Å². The Labute approximate surface area is 450 Å². The van der Waals surface area contributed by atoms with Crippen molar-refractivity contribution in [1.29, 1.82) is 0 Å². The molecule has 0 fully saturated rings. The molecule has 0 bridgehead atoms. The van der Waals surface area contributed by atoms with Gasteiger partial charge in [-0.2, -0.15) is 0 Å². The minimum absolute atomic E-state index is 0.00942. The van der Waals surface area contributed by atoms with Gasteiger partial charge >= 0.3 is 5.97 Å². The first-order valence-corrected chi connectivity index (χ1v) is 32.6. The maximum Gasteiger partial charge on any atom is 0.305 e. The van der Waals surface area contributed by atoms with E-state index in [1.54, 1.807) is 0 Å². The summed E-state index contributed by atoms with van der Waals surface area (Å²) in [5.74, 6) is -0.0252. The Kier molecular flexibility index (Phi) is 60.5. The van der Waals surface area contributed by atoms with Crippen LogP contribution in [0.4, 0.5) is 0 Å². The number of hydrogen-bond donors (Lipinski definition) is 3. The van der Waals surface area contributed by atoms with Crippen LogP contribution in [0.25, 0.3) is 0 Å². The molecule has 0 aromatic heterocycles. The van der Waals surface area contributed by atoms with E-state index in [4.69, 9.17) is 4.74 Å². The second kappa shape index (κ2) is 61.9. The van der Waals surface area contributed by atoms with E-state index in [2.05, 4.69) is 43.5 Å². The van der Waals surface area contributed by atoms with Crippen molar-refractivity contribution in [3.63, 3.8) is 0 Å². The molecule has 0 aliphatic rings. The largest absolute Gasteiger partial charge is 0.466 e. The van der Waals surface area contributed by atoms with Crippen LogP contribution in [0.15, 0.2) is 24.3 Å². The number of allylic oxidation sites excluding steroid dienone is 4. The third kappa shape index (κ3) is 57.6. The van der Waals surface area contributed by atoms with Crippen LogP contribution >= 0.6 is 0 Å². The van der Waals surface area contributed by atoms with Crippen molar-refractivity contribution < 1.29 is 24.5 Å². The number of carbonyl (C=O) groups is 2. The number of esters is 1. The molecule has 0 aromatic rings. The van der Waals surface area contributed by atoms with Gasteiger partial charge in [0, 0.05) is 12.8 Å². The fourth-order valence-corrected chi connectivity index (χ4v) is 10.2. The van der Waals surface area contributed by atoms with Gasteiger partial charge in [-0.3, -0.25) is 9.59 Å². The summed E-state index contributed by atoms with van der Waals surface area (Å²) in [6.07, 6.45) is 76.5. The highest BCUT2D eigenvalue weighted by Gasteiger charge is 2.20. The fourth-order valence-electron chi connectivity index (χ4n) is 10.2. The number of nitrogens with one attached hydrogen (secondary N) is 1. The quantitative estimate of drug-likeness (QED) is 0.0320. The van der Waals surface area contributed by atoms with Crippen LogP contribution in [0.5, 0.6) is 0 Å². The van der Waals surface area contributed by atoms with E-state index in [1.165, 1.54) is 283 Å². The summed E-state index contributed by atoms with van der Waals surface area (Å²) in [7, 11) is 0. The zero-order valence-corrected chi connectivity index (χ0v) is 48.7. The molecule has 72 heavy (non-hydrogen) atoms. The van der Waals surface area contributed by atoms with Crippen molar-refractivity contribution in [3.8, 4) is 0 Å². The van der Waals surface area contributed by atoms with E-state index in [0.717, 1.165) is 44.9 Å². The van der Waals surface area contributed by atoms with Crippen LogP contribution in [-0.2, 0) is 14.3 Å². The molecule has 0 spiro atoms. The van der Waals surface area contributed by atoms with E-state index in [0.29, 0.717) is 25.9 Å². The Morgan fingerprint density at radius 1 is 0.375 bits per heavy atom. The first kappa shape index (κ1) is 70.3. The number of carbonyl (C=O) groups excluding carboxylic acids is 2. The maximum absolute atomic E-state index is 12.4. The lowest BCUT2D eigenvalue weighted by Crippen LogP contribution is -2.45. The summed E-state index contributed by atoms with van der Waals surface area (Å²) in [5, 5.41) is 23.2. The number of ether oxygens (including phenoxy) is 1. The molecule has 2 unspecified atom stereocenters. The number of aliphatic hydroxyl groups is 2. The number of rotatable bonds is 61. The minimum atomic E-state index is -0.661. The lowest BCUT2D eigenvalue weighted by Gasteiger charge is -2.22. The maximum atomic E-state index is 12.4. The van der Waals surface area contributed by atoms with Crippen LogP contribution in [0.1, 0.15) is 361 Å². The first-order chi connectivity index (χ1) is 35.5. The van der Waals surface area contributed by atoms with Gasteiger partial charge in [-0.15, -0.1) is 0 Å². The molecule has 0 aliphatic carbocycles. The minimum Gasteiger partial charge on any atom is -0.466 e. The Morgan fingerprint density at radius 3 is 0.986 bits per heavy atom. The summed E-state index contributed by atoms with van der Waals surface area (Å²) in [6.45, 7) is 4.95. The zero-order valence-electron chi connectivity index (χ0n) is 48.7. The number of unbranched alkanes of at least 4 members (excludes halogenated alkanes) is 46. The average molecular weight is 1010 g/mol. The highest BCUT2D eigenvalue weighted by Crippen LogP contribution is 2.18. The molecule has 6 nitrogen and oxygen atoms in total. The van der Waals surface area contributed by atoms with Gasteiger partial charge in [0.2, 0.25) is 5.91 Å². The zero-order chi connectivity index (χ0) is 52.2. The summed E-state index contributed by atoms with van der Waals surface area (Å²) in [6, 6.07) is -0.539. The molecule has 0 rings (SSSR count). The van der Waals surface area contributed by atoms with Crippen LogP contribution < -0.4 is 5.32 Å². The molecule has 0 saturated carbocycles. The smallest absolute Gasteiger partial charge is 0.305 e. The monoisotopic (exact) mass is 1010 g/mol. The molecule has 6 heteroatoms. The Bertz CT molecular complexity index is 1120. The topological polar surface area (TPSA) is 95.9 Å². The molecular weight excluding hydrogens is 887 g/mol. The Balaban J connectivity index is 3.34. The normalized spacial score (nSPS) is 12.7. The van der Waals surface area contributed by atoms with E-state index in [-0.39, 0.29) is 18.5 Å². The van der Waals surface area contributed by atoms with E-state index < -0.39 is 12.1 Å². The third-order valence-corrected chi connectivity index (χ3v) is 15.2. The van der Waals surface area contributed by atoms with Gasteiger partial charge < -0.3 is 20.3 Å². The SMILES string of the molecule is CCCCCCCCC/C=C\CCCCCCCC(=O)OCCCCCCCCCCCCCC/C=C\CCCCCCCCCCCCCCCC(=O)NC(CO)C(O)CCCCCCCCCCCC. The van der Waals surface area contributed by atoms with Gasteiger partial charge in [-0.25, -0.2) is 0 Å². The predicted molar refractivity (Wildman–Crippen MR) is 315 cm³/mol. The highest BCUT2D eigenvalue weighted by molar-refractivity contribution is 5.76. The Morgan fingerprint density at radius 2 is 0.653 bits per heavy atom. The van der Waals surface area contributed by atoms with E-state index in [1.807, 2.05) is 0 Å². The lowest BCUT2D eigenvalue weighted by atomic mass is 10.0. The molecule has 1 amide bonds. The predicted octanol–water partition coefficient (Wildman–Crippen LogP) is 20.6. The van der Waals surface area contributed by atoms with Crippen molar-refractivity contribution in [3.05, 3.63) is 24.3 Å².